The van der Waals surface area contributed by atoms with Gasteiger partial charge in [-0.3, -0.25) is 0 Å². The molecule has 0 unspecified atom stereocenters. The summed E-state index contributed by atoms with van der Waals surface area (Å²) in [5.74, 6) is 0.592. The monoisotopic (exact) mass is 255 g/mol. The van der Waals surface area contributed by atoms with Crippen molar-refractivity contribution in [3.8, 4) is 0 Å². The van der Waals surface area contributed by atoms with Crippen molar-refractivity contribution in [3.05, 3.63) is 65.4 Å². The van der Waals surface area contributed by atoms with E-state index in [9.17, 15) is 4.39 Å². The molecule has 0 spiro atoms. The molecule has 0 atom stereocenters. The number of rotatable bonds is 3. The van der Waals surface area contributed by atoms with Gasteiger partial charge in [-0.2, -0.15) is 5.10 Å². The molecule has 4 heteroatoms. The van der Waals surface area contributed by atoms with Crippen molar-refractivity contribution in [2.45, 2.75) is 19.8 Å². The van der Waals surface area contributed by atoms with Crippen LogP contribution in [0.2, 0.25) is 0 Å². The smallest absolute Gasteiger partial charge is 0.158 e. The van der Waals surface area contributed by atoms with E-state index in [0.717, 1.165) is 29.0 Å². The van der Waals surface area contributed by atoms with E-state index in [0.29, 0.717) is 6.42 Å². The third kappa shape index (κ3) is 2.47. The van der Waals surface area contributed by atoms with Crippen molar-refractivity contribution in [1.82, 2.24) is 14.6 Å². The maximum Gasteiger partial charge on any atom is 0.158 e. The van der Waals surface area contributed by atoms with Gasteiger partial charge in [0.15, 0.2) is 11.5 Å². The van der Waals surface area contributed by atoms with Gasteiger partial charge in [0.2, 0.25) is 0 Å². The van der Waals surface area contributed by atoms with Crippen LogP contribution in [0, 0.1) is 12.7 Å². The molecular weight excluding hydrogens is 241 g/mol. The average molecular weight is 255 g/mol. The van der Waals surface area contributed by atoms with E-state index >= 15 is 0 Å². The van der Waals surface area contributed by atoms with Crippen LogP contribution in [0.3, 0.4) is 0 Å². The molecule has 96 valence electrons. The highest BCUT2D eigenvalue weighted by Crippen LogP contribution is 2.10. The zero-order valence-electron chi connectivity index (χ0n) is 10.7. The van der Waals surface area contributed by atoms with Crippen LogP contribution >= 0.6 is 0 Å². The van der Waals surface area contributed by atoms with Crippen LogP contribution in [-0.2, 0) is 12.8 Å². The van der Waals surface area contributed by atoms with Gasteiger partial charge in [0, 0.05) is 12.6 Å². The summed E-state index contributed by atoms with van der Waals surface area (Å²) < 4.78 is 14.9. The number of nitrogens with zero attached hydrogens (tertiary/aromatic N) is 3. The number of benzene rings is 1. The highest BCUT2D eigenvalue weighted by molar-refractivity contribution is 5.45. The van der Waals surface area contributed by atoms with Gasteiger partial charge in [-0.1, -0.05) is 18.2 Å². The Labute approximate surface area is 110 Å². The van der Waals surface area contributed by atoms with Crippen molar-refractivity contribution in [2.75, 3.05) is 0 Å². The predicted octanol–water partition coefficient (Wildman–Crippen LogP) is 2.96. The van der Waals surface area contributed by atoms with Crippen molar-refractivity contribution in [3.63, 3.8) is 0 Å². The fourth-order valence-electron chi connectivity index (χ4n) is 2.14. The fourth-order valence-corrected chi connectivity index (χ4v) is 2.14. The van der Waals surface area contributed by atoms with E-state index in [1.54, 1.807) is 16.6 Å². The molecule has 0 saturated carbocycles. The molecule has 0 aliphatic carbocycles. The van der Waals surface area contributed by atoms with Gasteiger partial charge >= 0.3 is 0 Å². The van der Waals surface area contributed by atoms with E-state index in [2.05, 4.69) is 10.1 Å². The van der Waals surface area contributed by atoms with Gasteiger partial charge in [0.25, 0.3) is 0 Å². The van der Waals surface area contributed by atoms with Gasteiger partial charge in [0.1, 0.15) is 5.82 Å². The standard InChI is InChI=1S/C15H14FN3/c1-11-4-3-9-19-15(11)17-14(18-19)8-7-12-5-2-6-13(16)10-12/h2-6,9-10H,7-8H2,1H3. The maximum atomic E-state index is 13.1. The Morgan fingerprint density at radius 3 is 2.84 bits per heavy atom. The number of pyridine rings is 1. The lowest BCUT2D eigenvalue weighted by molar-refractivity contribution is 0.625. The van der Waals surface area contributed by atoms with Crippen molar-refractivity contribution in [1.29, 1.82) is 0 Å². The summed E-state index contributed by atoms with van der Waals surface area (Å²) in [6.07, 6.45) is 3.35. The number of hydrogen-bond donors (Lipinski definition) is 0. The Morgan fingerprint density at radius 1 is 1.16 bits per heavy atom. The molecule has 0 saturated heterocycles. The maximum absolute atomic E-state index is 13.1. The molecule has 0 aliphatic rings. The number of halogens is 1. The molecule has 0 bridgehead atoms. The lowest BCUT2D eigenvalue weighted by Gasteiger charge is -1.98. The third-order valence-electron chi connectivity index (χ3n) is 3.13. The van der Waals surface area contributed by atoms with Crippen molar-refractivity contribution >= 4 is 5.65 Å². The summed E-state index contributed by atoms with van der Waals surface area (Å²) in [6, 6.07) is 10.6. The molecule has 0 radical (unpaired) electrons. The molecule has 0 N–H and O–H groups in total. The molecule has 2 aromatic heterocycles. The van der Waals surface area contributed by atoms with Crippen LogP contribution in [-0.4, -0.2) is 14.6 Å². The third-order valence-corrected chi connectivity index (χ3v) is 3.13. The van der Waals surface area contributed by atoms with Gasteiger partial charge in [0.05, 0.1) is 0 Å². The highest BCUT2D eigenvalue weighted by atomic mass is 19.1. The van der Waals surface area contributed by atoms with Crippen LogP contribution in [0.5, 0.6) is 0 Å². The second-order valence-corrected chi connectivity index (χ2v) is 4.62. The summed E-state index contributed by atoms with van der Waals surface area (Å²) in [4.78, 5) is 4.51. The minimum atomic E-state index is -0.198. The first-order valence-corrected chi connectivity index (χ1v) is 6.28. The molecule has 3 rings (SSSR count). The lowest BCUT2D eigenvalue weighted by atomic mass is 10.1. The minimum Gasteiger partial charge on any atom is -0.221 e. The Hall–Kier alpha value is -2.23. The Balaban J connectivity index is 1.80. The van der Waals surface area contributed by atoms with Crippen LogP contribution in [0.25, 0.3) is 5.65 Å². The van der Waals surface area contributed by atoms with Crippen molar-refractivity contribution in [2.24, 2.45) is 0 Å². The van der Waals surface area contributed by atoms with Gasteiger partial charge in [-0.15, -0.1) is 0 Å². The Kier molecular flexibility index (Phi) is 2.99. The second kappa shape index (κ2) is 4.80. The average Bonchev–Trinajstić information content (AvgIpc) is 2.81. The Morgan fingerprint density at radius 2 is 2.05 bits per heavy atom. The summed E-state index contributed by atoms with van der Waals surface area (Å²) in [7, 11) is 0. The highest BCUT2D eigenvalue weighted by Gasteiger charge is 2.06. The Bertz CT molecular complexity index is 718. The van der Waals surface area contributed by atoms with Gasteiger partial charge in [-0.25, -0.2) is 13.9 Å². The molecular formula is C15H14FN3. The number of fused-ring (bicyclic) bond motifs is 1. The molecule has 1 aromatic carbocycles. The number of aromatic nitrogens is 3. The topological polar surface area (TPSA) is 30.2 Å². The predicted molar refractivity (Wildman–Crippen MR) is 71.5 cm³/mol. The van der Waals surface area contributed by atoms with E-state index in [1.165, 1.54) is 6.07 Å². The van der Waals surface area contributed by atoms with Gasteiger partial charge in [-0.05, 0) is 42.7 Å². The zero-order chi connectivity index (χ0) is 13.2. The van der Waals surface area contributed by atoms with Crippen LogP contribution in [0.15, 0.2) is 42.6 Å². The quantitative estimate of drug-likeness (QED) is 0.720. The van der Waals surface area contributed by atoms with Crippen LogP contribution < -0.4 is 0 Å². The number of aryl methyl sites for hydroxylation is 3. The summed E-state index contributed by atoms with van der Waals surface area (Å²) in [5, 5.41) is 4.42. The lowest BCUT2D eigenvalue weighted by Crippen LogP contribution is -1.94. The van der Waals surface area contributed by atoms with Crippen molar-refractivity contribution < 1.29 is 4.39 Å². The summed E-state index contributed by atoms with van der Waals surface area (Å²) in [5.41, 5.74) is 2.96. The molecule has 19 heavy (non-hydrogen) atoms. The molecule has 3 nitrogen and oxygen atoms in total. The first kappa shape index (κ1) is 11.8. The summed E-state index contributed by atoms with van der Waals surface area (Å²) >= 11 is 0. The van der Waals surface area contributed by atoms with Crippen LogP contribution in [0.1, 0.15) is 17.0 Å². The zero-order valence-corrected chi connectivity index (χ0v) is 10.7. The second-order valence-electron chi connectivity index (χ2n) is 4.62. The molecule has 2 heterocycles. The first-order chi connectivity index (χ1) is 9.22. The fraction of sp³-hybridized carbons (Fsp3) is 0.200. The van der Waals surface area contributed by atoms with E-state index in [1.807, 2.05) is 31.3 Å². The molecule has 0 amide bonds. The first-order valence-electron chi connectivity index (χ1n) is 6.28. The van der Waals surface area contributed by atoms with E-state index in [-0.39, 0.29) is 5.82 Å². The largest absolute Gasteiger partial charge is 0.221 e. The van der Waals surface area contributed by atoms with E-state index in [4.69, 9.17) is 0 Å². The minimum absolute atomic E-state index is 0.198. The molecule has 3 aromatic rings. The summed E-state index contributed by atoms with van der Waals surface area (Å²) in [6.45, 7) is 2.01. The van der Waals surface area contributed by atoms with Crippen LogP contribution in [0.4, 0.5) is 4.39 Å². The molecule has 0 fully saturated rings. The van der Waals surface area contributed by atoms with Gasteiger partial charge < -0.3 is 0 Å². The normalized spacial score (nSPS) is 11.1. The van der Waals surface area contributed by atoms with E-state index < -0.39 is 0 Å². The number of hydrogen-bond acceptors (Lipinski definition) is 2. The molecule has 0 aliphatic heterocycles. The SMILES string of the molecule is Cc1cccn2nc(CCc3cccc(F)c3)nc12.